The third-order valence-electron chi connectivity index (χ3n) is 4.36. The molecule has 2 bridgehead atoms. The SMILES string of the molecule is CS(=O)(=O)Cc1ccc(Cl)cc1NC(=O)[C@@H]1C[C@H]2C=C[C@H]1C2. The number of allylic oxidation sites excluding steroid dienone is 2. The van der Waals surface area contributed by atoms with Gasteiger partial charge in [0.25, 0.3) is 0 Å². The van der Waals surface area contributed by atoms with Crippen molar-refractivity contribution in [2.24, 2.45) is 17.8 Å². The number of carbonyl (C=O) groups is 1. The molecule has 1 aromatic carbocycles. The Balaban J connectivity index is 1.80. The third-order valence-corrected chi connectivity index (χ3v) is 5.43. The molecule has 6 heteroatoms. The van der Waals surface area contributed by atoms with E-state index in [4.69, 9.17) is 11.6 Å². The number of hydrogen-bond acceptors (Lipinski definition) is 3. The number of nitrogens with one attached hydrogen (secondary N) is 1. The third kappa shape index (κ3) is 3.36. The van der Waals surface area contributed by atoms with Crippen molar-refractivity contribution >= 4 is 33.0 Å². The summed E-state index contributed by atoms with van der Waals surface area (Å²) in [6.45, 7) is 0. The Hall–Kier alpha value is -1.33. The summed E-state index contributed by atoms with van der Waals surface area (Å²) in [7, 11) is -3.18. The minimum Gasteiger partial charge on any atom is -0.325 e. The molecule has 4 nitrogen and oxygen atoms in total. The highest BCUT2D eigenvalue weighted by Gasteiger charge is 2.39. The summed E-state index contributed by atoms with van der Waals surface area (Å²) in [6, 6.07) is 4.90. The number of fused-ring (bicyclic) bond motifs is 2. The molecule has 1 fully saturated rings. The molecule has 1 amide bonds. The van der Waals surface area contributed by atoms with Crippen LogP contribution in [0.15, 0.2) is 30.4 Å². The Labute approximate surface area is 135 Å². The van der Waals surface area contributed by atoms with Gasteiger partial charge < -0.3 is 5.32 Å². The monoisotopic (exact) mass is 339 g/mol. The van der Waals surface area contributed by atoms with Crippen molar-refractivity contribution in [1.29, 1.82) is 0 Å². The first kappa shape index (κ1) is 15.6. The molecule has 0 heterocycles. The molecule has 2 aliphatic carbocycles. The molecule has 2 aliphatic rings. The van der Waals surface area contributed by atoms with Gasteiger partial charge in [-0.25, -0.2) is 8.42 Å². The predicted octanol–water partition coefficient (Wildman–Crippen LogP) is 3.04. The zero-order valence-corrected chi connectivity index (χ0v) is 13.8. The molecule has 0 spiro atoms. The van der Waals surface area contributed by atoms with E-state index in [1.165, 1.54) is 6.26 Å². The maximum atomic E-state index is 12.5. The van der Waals surface area contributed by atoms with E-state index in [1.807, 2.05) is 0 Å². The van der Waals surface area contributed by atoms with Crippen LogP contribution in [-0.2, 0) is 20.4 Å². The first-order valence-electron chi connectivity index (χ1n) is 7.27. The molecule has 1 saturated carbocycles. The van der Waals surface area contributed by atoms with Crippen molar-refractivity contribution in [3.63, 3.8) is 0 Å². The van der Waals surface area contributed by atoms with Crippen molar-refractivity contribution < 1.29 is 13.2 Å². The van der Waals surface area contributed by atoms with E-state index in [0.717, 1.165) is 12.8 Å². The number of amides is 1. The van der Waals surface area contributed by atoms with Crippen LogP contribution in [0.4, 0.5) is 5.69 Å². The number of carbonyl (C=O) groups excluding carboxylic acids is 1. The van der Waals surface area contributed by atoms with Gasteiger partial charge in [0, 0.05) is 22.9 Å². The van der Waals surface area contributed by atoms with Crippen LogP contribution in [0.2, 0.25) is 5.02 Å². The second-order valence-corrected chi connectivity index (χ2v) is 8.82. The minimum atomic E-state index is -3.18. The van der Waals surface area contributed by atoms with Crippen LogP contribution in [0.25, 0.3) is 0 Å². The molecule has 0 saturated heterocycles. The van der Waals surface area contributed by atoms with E-state index < -0.39 is 9.84 Å². The van der Waals surface area contributed by atoms with Crippen LogP contribution < -0.4 is 5.32 Å². The Morgan fingerprint density at radius 2 is 2.09 bits per heavy atom. The molecule has 1 aromatic rings. The molecule has 118 valence electrons. The number of rotatable bonds is 4. The van der Waals surface area contributed by atoms with Crippen LogP contribution in [0.1, 0.15) is 18.4 Å². The topological polar surface area (TPSA) is 63.2 Å². The summed E-state index contributed by atoms with van der Waals surface area (Å²) in [5, 5.41) is 3.35. The number of anilines is 1. The van der Waals surface area contributed by atoms with Gasteiger partial charge in [0.2, 0.25) is 5.91 Å². The lowest BCUT2D eigenvalue weighted by Crippen LogP contribution is -2.26. The normalized spacial score (nSPS) is 26.4. The molecular formula is C16H18ClNO3S. The first-order chi connectivity index (χ1) is 10.3. The molecule has 0 unspecified atom stereocenters. The molecule has 0 aliphatic heterocycles. The van der Waals surface area contributed by atoms with Gasteiger partial charge in [-0.3, -0.25) is 4.79 Å². The molecular weight excluding hydrogens is 322 g/mol. The van der Waals surface area contributed by atoms with Crippen LogP contribution in [0.5, 0.6) is 0 Å². The summed E-state index contributed by atoms with van der Waals surface area (Å²) >= 11 is 5.98. The second-order valence-electron chi connectivity index (χ2n) is 6.25. The zero-order valence-electron chi connectivity index (χ0n) is 12.3. The molecule has 0 radical (unpaired) electrons. The van der Waals surface area contributed by atoms with Crippen molar-refractivity contribution in [1.82, 2.24) is 0 Å². The first-order valence-corrected chi connectivity index (χ1v) is 9.71. The summed E-state index contributed by atoms with van der Waals surface area (Å²) in [6.07, 6.45) is 7.39. The standard InChI is InChI=1S/C16H18ClNO3S/c1-22(20,21)9-12-4-5-13(17)8-15(12)18-16(19)14-7-10-2-3-11(14)6-10/h2-5,8,10-11,14H,6-7,9H2,1H3,(H,18,19)/t10-,11-,14+/m0/s1. The van der Waals surface area contributed by atoms with Crippen molar-refractivity contribution in [3.05, 3.63) is 40.9 Å². The molecule has 22 heavy (non-hydrogen) atoms. The van der Waals surface area contributed by atoms with Crippen molar-refractivity contribution in [2.45, 2.75) is 18.6 Å². The van der Waals surface area contributed by atoms with E-state index in [0.29, 0.717) is 28.1 Å². The predicted molar refractivity (Wildman–Crippen MR) is 87.5 cm³/mol. The van der Waals surface area contributed by atoms with Gasteiger partial charge in [0.05, 0.1) is 5.75 Å². The molecule has 3 atom stereocenters. The Kier molecular flexibility index (Phi) is 4.03. The highest BCUT2D eigenvalue weighted by molar-refractivity contribution is 7.89. The number of benzene rings is 1. The largest absolute Gasteiger partial charge is 0.325 e. The summed E-state index contributed by atoms with van der Waals surface area (Å²) in [5.41, 5.74) is 1.06. The average Bonchev–Trinajstić information content (AvgIpc) is 3.03. The Morgan fingerprint density at radius 1 is 1.32 bits per heavy atom. The highest BCUT2D eigenvalue weighted by atomic mass is 35.5. The van der Waals surface area contributed by atoms with E-state index in [2.05, 4.69) is 17.5 Å². The lowest BCUT2D eigenvalue weighted by Gasteiger charge is -2.19. The minimum absolute atomic E-state index is 0.0277. The summed E-state index contributed by atoms with van der Waals surface area (Å²) in [4.78, 5) is 12.5. The van der Waals surface area contributed by atoms with Gasteiger partial charge in [-0.05, 0) is 42.4 Å². The van der Waals surface area contributed by atoms with Crippen molar-refractivity contribution in [3.8, 4) is 0 Å². The quantitative estimate of drug-likeness (QED) is 0.857. The van der Waals surface area contributed by atoms with Gasteiger partial charge in [0.15, 0.2) is 9.84 Å². The lowest BCUT2D eigenvalue weighted by atomic mass is 9.92. The fourth-order valence-electron chi connectivity index (χ4n) is 3.38. The number of sulfone groups is 1. The summed E-state index contributed by atoms with van der Waals surface area (Å²) < 4.78 is 23.1. The van der Waals surface area contributed by atoms with Gasteiger partial charge in [0.1, 0.15) is 0 Å². The summed E-state index contributed by atoms with van der Waals surface area (Å²) in [5.74, 6) is 0.628. The fourth-order valence-corrected chi connectivity index (χ4v) is 4.37. The smallest absolute Gasteiger partial charge is 0.228 e. The van der Waals surface area contributed by atoms with Gasteiger partial charge in [-0.15, -0.1) is 0 Å². The number of halogens is 1. The molecule has 3 rings (SSSR count). The van der Waals surface area contributed by atoms with Crippen LogP contribution in [0.3, 0.4) is 0 Å². The lowest BCUT2D eigenvalue weighted by molar-refractivity contribution is -0.120. The van der Waals surface area contributed by atoms with Crippen LogP contribution >= 0.6 is 11.6 Å². The van der Waals surface area contributed by atoms with E-state index in [1.54, 1.807) is 18.2 Å². The average molecular weight is 340 g/mol. The maximum absolute atomic E-state index is 12.5. The number of hydrogen-bond donors (Lipinski definition) is 1. The van der Waals surface area contributed by atoms with Crippen molar-refractivity contribution in [2.75, 3.05) is 11.6 Å². The Morgan fingerprint density at radius 3 is 2.68 bits per heavy atom. The zero-order chi connectivity index (χ0) is 15.9. The van der Waals surface area contributed by atoms with E-state index >= 15 is 0 Å². The maximum Gasteiger partial charge on any atom is 0.228 e. The second kappa shape index (κ2) is 5.70. The fraction of sp³-hybridized carbons (Fsp3) is 0.438. The molecule has 0 aromatic heterocycles. The van der Waals surface area contributed by atoms with Gasteiger partial charge >= 0.3 is 0 Å². The van der Waals surface area contributed by atoms with Gasteiger partial charge in [-0.1, -0.05) is 29.8 Å². The van der Waals surface area contributed by atoms with E-state index in [9.17, 15) is 13.2 Å². The van der Waals surface area contributed by atoms with Crippen LogP contribution in [0, 0.1) is 17.8 Å². The highest BCUT2D eigenvalue weighted by Crippen LogP contribution is 2.44. The Bertz CT molecular complexity index is 742. The molecule has 1 N–H and O–H groups in total. The van der Waals surface area contributed by atoms with Crippen LogP contribution in [-0.4, -0.2) is 20.6 Å². The van der Waals surface area contributed by atoms with E-state index in [-0.39, 0.29) is 17.6 Å². The van der Waals surface area contributed by atoms with Gasteiger partial charge in [-0.2, -0.15) is 0 Å².